The van der Waals surface area contributed by atoms with Crippen LogP contribution in [-0.2, 0) is 4.57 Å². The highest BCUT2D eigenvalue weighted by atomic mass is 31.1. The zero-order chi connectivity index (χ0) is 13.9. The van der Waals surface area contributed by atoms with Crippen LogP contribution in [0.3, 0.4) is 0 Å². The first-order valence-corrected chi connectivity index (χ1v) is 4.99. The maximum absolute atomic E-state index is 10.9. The van der Waals surface area contributed by atoms with E-state index >= 15 is 0 Å². The minimum absolute atomic E-state index is 0.528. The Bertz CT molecular complexity index is 514. The number of carbonyl (C=O) groups is 3. The largest absolute Gasteiger partial charge is 0.478 e. The molecule has 8 nitrogen and oxygen atoms in total. The summed E-state index contributed by atoms with van der Waals surface area (Å²) in [6.07, 6.45) is 0. The summed E-state index contributed by atoms with van der Waals surface area (Å²) >= 11 is 0. The normalized spacial score (nSPS) is 10.0. The highest BCUT2D eigenvalue weighted by Gasteiger charge is 2.24. The summed E-state index contributed by atoms with van der Waals surface area (Å²) in [5.41, 5.74) is -1.92. The zero-order valence-corrected chi connectivity index (χ0v) is 9.38. The smallest absolute Gasteiger partial charge is 0.395 e. The Morgan fingerprint density at radius 1 is 0.944 bits per heavy atom. The molecule has 0 aliphatic heterocycles. The quantitative estimate of drug-likeness (QED) is 0.683. The molecule has 0 aromatic heterocycles. The van der Waals surface area contributed by atoms with Crippen molar-refractivity contribution in [1.82, 2.24) is 0 Å². The van der Waals surface area contributed by atoms with Crippen LogP contribution in [0.4, 0.5) is 0 Å². The summed E-state index contributed by atoms with van der Waals surface area (Å²) in [5, 5.41) is 26.4. The molecular formula is C9H5O8P. The Morgan fingerprint density at radius 2 is 1.39 bits per heavy atom. The molecule has 0 aliphatic rings. The molecule has 0 unspecified atom stereocenters. The molecule has 0 heterocycles. The first-order valence-electron chi connectivity index (χ1n) is 4.26. The molecule has 3 N–H and O–H groups in total. The third-order valence-corrected chi connectivity index (χ3v) is 2.18. The Balaban J connectivity index is 3.64. The van der Waals surface area contributed by atoms with Gasteiger partial charge < -0.3 is 19.8 Å². The summed E-state index contributed by atoms with van der Waals surface area (Å²) in [4.78, 5) is 32.5. The third kappa shape index (κ3) is 2.61. The lowest BCUT2D eigenvalue weighted by atomic mass is 10.0. The molecular weight excluding hydrogens is 267 g/mol. The van der Waals surface area contributed by atoms with E-state index in [1.54, 1.807) is 0 Å². The van der Waals surface area contributed by atoms with Crippen LogP contribution in [0.1, 0.15) is 31.1 Å². The Kier molecular flexibility index (Phi) is 3.96. The summed E-state index contributed by atoms with van der Waals surface area (Å²) in [6.45, 7) is 0. The molecule has 1 aromatic rings. The van der Waals surface area contributed by atoms with Crippen molar-refractivity contribution in [2.75, 3.05) is 0 Å². The van der Waals surface area contributed by atoms with Crippen molar-refractivity contribution in [2.45, 2.75) is 0 Å². The first-order chi connectivity index (χ1) is 8.38. The standard InChI is InChI=1S/C9H5O8P/c10-7(11)3-1-4(8(12)13)6(17-18-16)5(2-3)9(14)15/h1-2H,(H,10,11)(H,12,13)(H,14,15). The number of carboxylic acid groups (broad SMARTS) is 3. The van der Waals surface area contributed by atoms with Gasteiger partial charge in [-0.3, -0.25) is 0 Å². The zero-order valence-electron chi connectivity index (χ0n) is 8.48. The van der Waals surface area contributed by atoms with E-state index < -0.39 is 49.0 Å². The molecule has 1 aromatic carbocycles. The summed E-state index contributed by atoms with van der Waals surface area (Å²) in [5.74, 6) is -5.36. The van der Waals surface area contributed by atoms with Crippen molar-refractivity contribution in [3.63, 3.8) is 0 Å². The summed E-state index contributed by atoms with van der Waals surface area (Å²) in [7, 11) is -0.956. The molecule has 1 rings (SSSR count). The number of carboxylic acids is 3. The van der Waals surface area contributed by atoms with Crippen LogP contribution in [0.15, 0.2) is 12.1 Å². The minimum atomic E-state index is -1.60. The SMILES string of the molecule is O=POc1c(C(=O)O)cc(C(=O)O)cc1C(=O)O. The van der Waals surface area contributed by atoms with Crippen LogP contribution in [-0.4, -0.2) is 33.2 Å². The molecule has 0 saturated heterocycles. The summed E-state index contributed by atoms with van der Waals surface area (Å²) < 4.78 is 14.7. The Hall–Kier alpha value is -2.47. The molecule has 0 amide bonds. The number of hydrogen-bond donors (Lipinski definition) is 3. The molecule has 18 heavy (non-hydrogen) atoms. The predicted octanol–water partition coefficient (Wildman–Crippen LogP) is 1.37. The molecule has 0 bridgehead atoms. The van der Waals surface area contributed by atoms with E-state index in [2.05, 4.69) is 4.52 Å². The van der Waals surface area contributed by atoms with Crippen LogP contribution >= 0.6 is 8.69 Å². The van der Waals surface area contributed by atoms with Gasteiger partial charge in [-0.2, -0.15) is 0 Å². The molecule has 0 fully saturated rings. The maximum atomic E-state index is 10.9. The average molecular weight is 272 g/mol. The molecule has 94 valence electrons. The van der Waals surface area contributed by atoms with Crippen molar-refractivity contribution in [2.24, 2.45) is 0 Å². The van der Waals surface area contributed by atoms with Gasteiger partial charge >= 0.3 is 26.6 Å². The third-order valence-electron chi connectivity index (χ3n) is 1.93. The van der Waals surface area contributed by atoms with Gasteiger partial charge in [0.15, 0.2) is 5.75 Å². The second kappa shape index (κ2) is 5.24. The number of rotatable bonds is 5. The topological polar surface area (TPSA) is 138 Å². The van der Waals surface area contributed by atoms with Gasteiger partial charge in [0.05, 0.1) is 5.56 Å². The molecule has 0 radical (unpaired) electrons. The van der Waals surface area contributed by atoms with Gasteiger partial charge in [0.25, 0.3) is 0 Å². The van der Waals surface area contributed by atoms with Crippen molar-refractivity contribution in [3.8, 4) is 5.75 Å². The van der Waals surface area contributed by atoms with E-state index in [1.807, 2.05) is 0 Å². The van der Waals surface area contributed by atoms with E-state index in [-0.39, 0.29) is 0 Å². The summed E-state index contributed by atoms with van der Waals surface area (Å²) in [6, 6.07) is 1.44. The molecule has 0 spiro atoms. The van der Waals surface area contributed by atoms with E-state index in [0.29, 0.717) is 0 Å². The second-order valence-corrected chi connectivity index (χ2v) is 3.31. The number of hydrogen-bond acceptors (Lipinski definition) is 5. The molecule has 0 saturated carbocycles. The van der Waals surface area contributed by atoms with Gasteiger partial charge in [0, 0.05) is 0 Å². The molecule has 0 aliphatic carbocycles. The molecule has 9 heteroatoms. The fraction of sp³-hybridized carbons (Fsp3) is 0. The Morgan fingerprint density at radius 3 is 1.67 bits per heavy atom. The first kappa shape index (κ1) is 13.6. The van der Waals surface area contributed by atoms with E-state index in [1.165, 1.54) is 0 Å². The maximum Gasteiger partial charge on any atom is 0.395 e. The van der Waals surface area contributed by atoms with Crippen molar-refractivity contribution < 1.29 is 38.8 Å². The fourth-order valence-electron chi connectivity index (χ4n) is 1.21. The van der Waals surface area contributed by atoms with Crippen molar-refractivity contribution in [1.29, 1.82) is 0 Å². The van der Waals surface area contributed by atoms with Gasteiger partial charge in [0.1, 0.15) is 11.1 Å². The van der Waals surface area contributed by atoms with E-state index in [9.17, 15) is 18.9 Å². The van der Waals surface area contributed by atoms with Crippen LogP contribution in [0, 0.1) is 0 Å². The number of benzene rings is 1. The molecule has 0 atom stereocenters. The van der Waals surface area contributed by atoms with Crippen molar-refractivity contribution in [3.05, 3.63) is 28.8 Å². The van der Waals surface area contributed by atoms with Crippen LogP contribution in [0.5, 0.6) is 5.75 Å². The highest BCUT2D eigenvalue weighted by molar-refractivity contribution is 7.17. The Labute approximate surface area is 101 Å². The lowest BCUT2D eigenvalue weighted by molar-refractivity contribution is 0.0693. The van der Waals surface area contributed by atoms with Gasteiger partial charge in [-0.25, -0.2) is 18.9 Å². The van der Waals surface area contributed by atoms with Gasteiger partial charge in [-0.1, -0.05) is 0 Å². The predicted molar refractivity (Wildman–Crippen MR) is 55.6 cm³/mol. The fourth-order valence-corrected chi connectivity index (χ4v) is 1.48. The second-order valence-electron chi connectivity index (χ2n) is 2.98. The van der Waals surface area contributed by atoms with Crippen LogP contribution in [0.25, 0.3) is 0 Å². The monoisotopic (exact) mass is 272 g/mol. The lowest BCUT2D eigenvalue weighted by Gasteiger charge is -2.08. The van der Waals surface area contributed by atoms with Crippen LogP contribution < -0.4 is 4.52 Å². The van der Waals surface area contributed by atoms with Crippen molar-refractivity contribution >= 4 is 26.6 Å². The van der Waals surface area contributed by atoms with E-state index in [0.717, 1.165) is 12.1 Å². The highest BCUT2D eigenvalue weighted by Crippen LogP contribution is 2.29. The van der Waals surface area contributed by atoms with Gasteiger partial charge in [-0.05, 0) is 12.1 Å². The van der Waals surface area contributed by atoms with Gasteiger partial charge in [0.2, 0.25) is 0 Å². The minimum Gasteiger partial charge on any atom is -0.478 e. The average Bonchev–Trinajstić information content (AvgIpc) is 2.28. The van der Waals surface area contributed by atoms with Gasteiger partial charge in [-0.15, -0.1) is 0 Å². The number of aromatic carboxylic acids is 3. The lowest BCUT2D eigenvalue weighted by Crippen LogP contribution is -2.09. The van der Waals surface area contributed by atoms with E-state index in [4.69, 9.17) is 15.3 Å². The van der Waals surface area contributed by atoms with Crippen LogP contribution in [0.2, 0.25) is 0 Å².